The molecular formula is C22H20N8O4. The van der Waals surface area contributed by atoms with Gasteiger partial charge in [0.1, 0.15) is 12.6 Å². The van der Waals surface area contributed by atoms with Gasteiger partial charge in [0.25, 0.3) is 0 Å². The molecule has 0 spiro atoms. The highest BCUT2D eigenvalue weighted by molar-refractivity contribution is 5.93. The Balaban J connectivity index is 1.65. The van der Waals surface area contributed by atoms with Crippen molar-refractivity contribution in [2.24, 2.45) is 0 Å². The van der Waals surface area contributed by atoms with Gasteiger partial charge >= 0.3 is 5.97 Å². The Morgan fingerprint density at radius 1 is 1.26 bits per heavy atom. The lowest BCUT2D eigenvalue weighted by molar-refractivity contribution is -0.120. The van der Waals surface area contributed by atoms with Crippen LogP contribution in [-0.4, -0.2) is 65.5 Å². The first kappa shape index (κ1) is 21.2. The van der Waals surface area contributed by atoms with E-state index in [9.17, 15) is 19.5 Å². The highest BCUT2D eigenvalue weighted by atomic mass is 16.4. The lowest BCUT2D eigenvalue weighted by Crippen LogP contribution is -2.18. The van der Waals surface area contributed by atoms with E-state index in [0.717, 1.165) is 12.8 Å². The van der Waals surface area contributed by atoms with Crippen LogP contribution in [0.5, 0.6) is 0 Å². The molecule has 1 fully saturated rings. The first-order chi connectivity index (χ1) is 16.5. The summed E-state index contributed by atoms with van der Waals surface area (Å²) in [5.41, 5.74) is 2.52. The van der Waals surface area contributed by atoms with Crippen molar-refractivity contribution >= 4 is 46.9 Å². The minimum Gasteiger partial charge on any atom is -0.478 e. The standard InChI is InChI=1S/C22H20N8O4/c1-23-18(32)7-12(10-31)6-14-9-25-30-19(14)27-21(28-22(30)26-15-3-4-15)29-11-24-16-8-13(20(33)34)2-5-17(16)29/h2,5-6,8-11,15H,3-4,7H2,1H3,(H,23,32)(H,33,34)(H,26,27,28)/b12-6+. The second-order valence-electron chi connectivity index (χ2n) is 7.91. The quantitative estimate of drug-likeness (QED) is 0.261. The Hall–Kier alpha value is -4.61. The summed E-state index contributed by atoms with van der Waals surface area (Å²) in [6, 6.07) is 4.91. The number of rotatable bonds is 8. The summed E-state index contributed by atoms with van der Waals surface area (Å²) < 4.78 is 3.21. The van der Waals surface area contributed by atoms with Gasteiger partial charge in [0.05, 0.1) is 29.2 Å². The van der Waals surface area contributed by atoms with Crippen LogP contribution in [0.3, 0.4) is 0 Å². The molecule has 0 atom stereocenters. The molecule has 4 aromatic rings. The highest BCUT2D eigenvalue weighted by Gasteiger charge is 2.24. The summed E-state index contributed by atoms with van der Waals surface area (Å²) in [4.78, 5) is 48.2. The molecule has 0 saturated heterocycles. The van der Waals surface area contributed by atoms with Gasteiger partial charge in [-0.25, -0.2) is 9.78 Å². The Labute approximate surface area is 192 Å². The van der Waals surface area contributed by atoms with Gasteiger partial charge in [-0.05, 0) is 37.1 Å². The number of carbonyl (C=O) groups excluding carboxylic acids is 2. The van der Waals surface area contributed by atoms with Crippen LogP contribution >= 0.6 is 0 Å². The van der Waals surface area contributed by atoms with Crippen LogP contribution in [0.2, 0.25) is 0 Å². The fraction of sp³-hybridized carbons (Fsp3) is 0.227. The average molecular weight is 460 g/mol. The van der Waals surface area contributed by atoms with Crippen molar-refractivity contribution in [3.05, 3.63) is 47.4 Å². The summed E-state index contributed by atoms with van der Waals surface area (Å²) >= 11 is 0. The van der Waals surface area contributed by atoms with Crippen molar-refractivity contribution in [1.29, 1.82) is 0 Å². The molecule has 3 heterocycles. The normalized spacial score (nSPS) is 13.9. The maximum atomic E-state index is 11.7. The predicted octanol–water partition coefficient (Wildman–Crippen LogP) is 1.45. The number of imidazole rings is 1. The molecule has 1 aliphatic rings. The molecule has 3 aromatic heterocycles. The van der Waals surface area contributed by atoms with Crippen molar-refractivity contribution in [2.45, 2.75) is 25.3 Å². The van der Waals surface area contributed by atoms with Gasteiger partial charge in [0.2, 0.25) is 17.8 Å². The second kappa shape index (κ2) is 8.39. The third-order valence-corrected chi connectivity index (χ3v) is 5.44. The number of nitrogens with one attached hydrogen (secondary N) is 2. The highest BCUT2D eigenvalue weighted by Crippen LogP contribution is 2.26. The van der Waals surface area contributed by atoms with Crippen LogP contribution in [0.4, 0.5) is 5.95 Å². The van der Waals surface area contributed by atoms with E-state index in [1.54, 1.807) is 27.4 Å². The molecule has 0 bridgehead atoms. The van der Waals surface area contributed by atoms with Gasteiger partial charge in [0.15, 0.2) is 5.65 Å². The van der Waals surface area contributed by atoms with Gasteiger partial charge in [-0.15, -0.1) is 0 Å². The van der Waals surface area contributed by atoms with Crippen molar-refractivity contribution < 1.29 is 19.5 Å². The van der Waals surface area contributed by atoms with Gasteiger partial charge in [-0.1, -0.05) is 0 Å². The molecular weight excluding hydrogens is 440 g/mol. The molecule has 0 radical (unpaired) electrons. The van der Waals surface area contributed by atoms with Gasteiger partial charge in [0, 0.05) is 24.2 Å². The number of aromatic carboxylic acids is 1. The maximum Gasteiger partial charge on any atom is 0.335 e. The second-order valence-corrected chi connectivity index (χ2v) is 7.91. The number of amides is 1. The number of carboxylic acid groups (broad SMARTS) is 1. The molecule has 34 heavy (non-hydrogen) atoms. The molecule has 0 aliphatic heterocycles. The Morgan fingerprint density at radius 3 is 2.79 bits per heavy atom. The Bertz CT molecular complexity index is 1480. The number of anilines is 1. The molecule has 5 rings (SSSR count). The SMILES string of the molecule is CNC(=O)C/C(C=O)=C\c1cnn2c(NC3CC3)nc(-n3cnc4cc(C(=O)O)ccc43)nc12. The molecule has 172 valence electrons. The van der Waals surface area contributed by atoms with E-state index in [-0.39, 0.29) is 29.5 Å². The predicted molar refractivity (Wildman–Crippen MR) is 122 cm³/mol. The van der Waals surface area contributed by atoms with E-state index in [4.69, 9.17) is 0 Å². The van der Waals surface area contributed by atoms with Crippen LogP contribution in [0.1, 0.15) is 35.2 Å². The number of aldehydes is 1. The third-order valence-electron chi connectivity index (χ3n) is 5.44. The average Bonchev–Trinajstić information content (AvgIpc) is 3.40. The molecule has 1 saturated carbocycles. The van der Waals surface area contributed by atoms with Gasteiger partial charge in [-0.3, -0.25) is 14.2 Å². The molecule has 12 nitrogen and oxygen atoms in total. The smallest absolute Gasteiger partial charge is 0.335 e. The minimum atomic E-state index is -1.04. The summed E-state index contributed by atoms with van der Waals surface area (Å²) in [6.45, 7) is 0. The molecule has 1 aliphatic carbocycles. The van der Waals surface area contributed by atoms with Crippen LogP contribution in [0.25, 0.3) is 28.7 Å². The molecule has 12 heteroatoms. The van der Waals surface area contributed by atoms with Crippen molar-refractivity contribution in [1.82, 2.24) is 34.4 Å². The first-order valence-corrected chi connectivity index (χ1v) is 10.6. The van der Waals surface area contributed by atoms with E-state index < -0.39 is 5.97 Å². The minimum absolute atomic E-state index is 0.0689. The third kappa shape index (κ3) is 3.96. The Kier molecular flexibility index (Phi) is 5.24. The van der Waals surface area contributed by atoms with Gasteiger partial charge in [-0.2, -0.15) is 19.6 Å². The molecule has 1 aromatic carbocycles. The maximum absolute atomic E-state index is 11.7. The summed E-state index contributed by atoms with van der Waals surface area (Å²) in [5, 5.41) is 19.5. The van der Waals surface area contributed by atoms with Crippen LogP contribution in [-0.2, 0) is 9.59 Å². The van der Waals surface area contributed by atoms with E-state index in [1.165, 1.54) is 25.5 Å². The zero-order chi connectivity index (χ0) is 23.8. The number of hydrogen-bond donors (Lipinski definition) is 3. The largest absolute Gasteiger partial charge is 0.478 e. The van der Waals surface area contributed by atoms with E-state index in [0.29, 0.717) is 40.4 Å². The summed E-state index contributed by atoms with van der Waals surface area (Å²) in [6.07, 6.45) is 7.26. The van der Waals surface area contributed by atoms with E-state index in [2.05, 4.69) is 30.7 Å². The summed E-state index contributed by atoms with van der Waals surface area (Å²) in [5.74, 6) is -0.546. The molecule has 0 unspecified atom stereocenters. The molecule has 3 N–H and O–H groups in total. The number of fused-ring (bicyclic) bond motifs is 2. The van der Waals surface area contributed by atoms with Gasteiger partial charge < -0.3 is 15.7 Å². The zero-order valence-corrected chi connectivity index (χ0v) is 18.1. The number of nitrogens with zero attached hydrogens (tertiary/aromatic N) is 6. The number of benzene rings is 1. The van der Waals surface area contributed by atoms with E-state index >= 15 is 0 Å². The monoisotopic (exact) mass is 460 g/mol. The van der Waals surface area contributed by atoms with Crippen LogP contribution < -0.4 is 10.6 Å². The number of aromatic nitrogens is 6. The topological polar surface area (TPSA) is 156 Å². The lowest BCUT2D eigenvalue weighted by Gasteiger charge is -2.10. The lowest BCUT2D eigenvalue weighted by atomic mass is 10.1. The number of carboxylic acids is 1. The number of carbonyl (C=O) groups is 3. The summed E-state index contributed by atoms with van der Waals surface area (Å²) in [7, 11) is 1.50. The fourth-order valence-corrected chi connectivity index (χ4v) is 3.50. The van der Waals surface area contributed by atoms with Crippen molar-refractivity contribution in [3.8, 4) is 5.95 Å². The van der Waals surface area contributed by atoms with E-state index in [1.807, 2.05) is 0 Å². The van der Waals surface area contributed by atoms with Crippen molar-refractivity contribution in [2.75, 3.05) is 12.4 Å². The fourth-order valence-electron chi connectivity index (χ4n) is 3.50. The Morgan fingerprint density at radius 2 is 2.09 bits per heavy atom. The first-order valence-electron chi connectivity index (χ1n) is 10.6. The number of hydrogen-bond acceptors (Lipinski definition) is 8. The van der Waals surface area contributed by atoms with Crippen LogP contribution in [0.15, 0.2) is 36.3 Å². The molecule has 1 amide bonds. The zero-order valence-electron chi connectivity index (χ0n) is 18.1. The van der Waals surface area contributed by atoms with Crippen molar-refractivity contribution in [3.63, 3.8) is 0 Å². The van der Waals surface area contributed by atoms with Crippen LogP contribution in [0, 0.1) is 0 Å².